The molecule has 4 aromatic rings. The van der Waals surface area contributed by atoms with Gasteiger partial charge in [-0.25, -0.2) is 0 Å². The van der Waals surface area contributed by atoms with Gasteiger partial charge in [-0.15, -0.1) is 10.2 Å². The first kappa shape index (κ1) is 19.3. The van der Waals surface area contributed by atoms with Crippen molar-refractivity contribution in [2.24, 2.45) is 0 Å². The maximum atomic E-state index is 12.4. The van der Waals surface area contributed by atoms with Gasteiger partial charge >= 0.3 is 0 Å². The van der Waals surface area contributed by atoms with Gasteiger partial charge in [-0.1, -0.05) is 35.5 Å². The Morgan fingerprint density at radius 1 is 1.14 bits per heavy atom. The molecule has 1 N–H and O–H groups in total. The predicted octanol–water partition coefficient (Wildman–Crippen LogP) is 4.90. The lowest BCUT2D eigenvalue weighted by atomic mass is 10.2. The second-order valence-corrected chi connectivity index (χ2v) is 7.52. The van der Waals surface area contributed by atoms with Crippen molar-refractivity contribution in [1.82, 2.24) is 19.7 Å². The van der Waals surface area contributed by atoms with Crippen molar-refractivity contribution in [3.05, 3.63) is 77.6 Å². The third kappa shape index (κ3) is 4.21. The number of Topliss-reactive ketones (excluding diaryl/α,β-unsaturated/α-hetero) is 1. The van der Waals surface area contributed by atoms with Crippen molar-refractivity contribution in [2.75, 3.05) is 12.9 Å². The van der Waals surface area contributed by atoms with Crippen molar-refractivity contribution in [3.63, 3.8) is 0 Å². The molecule has 2 heterocycles. The van der Waals surface area contributed by atoms with Crippen LogP contribution in [0.3, 0.4) is 0 Å². The summed E-state index contributed by atoms with van der Waals surface area (Å²) in [5.74, 6) is 1.61. The standard InChI is InChI=1S/C21H17ClN4O2S/c1-28-17-5-2-4-14(12-17)20-24-25-21(26(20)16-9-7-15(22)8-10-16)29-13-19(27)18-6-3-11-23-18/h2-12,23H,13H2,1H3. The zero-order valence-electron chi connectivity index (χ0n) is 15.5. The number of hydrogen-bond donors (Lipinski definition) is 1. The lowest BCUT2D eigenvalue weighted by Crippen LogP contribution is -2.05. The topological polar surface area (TPSA) is 72.8 Å². The Morgan fingerprint density at radius 2 is 1.97 bits per heavy atom. The van der Waals surface area contributed by atoms with E-state index in [0.29, 0.717) is 21.7 Å². The van der Waals surface area contributed by atoms with E-state index in [1.807, 2.05) is 53.1 Å². The number of thioether (sulfide) groups is 1. The number of H-pyrrole nitrogens is 1. The fourth-order valence-electron chi connectivity index (χ4n) is 2.85. The molecule has 0 saturated carbocycles. The molecule has 0 unspecified atom stereocenters. The van der Waals surface area contributed by atoms with Crippen LogP contribution in [0.15, 0.2) is 72.0 Å². The summed E-state index contributed by atoms with van der Waals surface area (Å²) in [6.07, 6.45) is 1.73. The summed E-state index contributed by atoms with van der Waals surface area (Å²) in [5.41, 5.74) is 2.28. The molecular weight excluding hydrogens is 408 g/mol. The number of nitrogens with one attached hydrogen (secondary N) is 1. The van der Waals surface area contributed by atoms with Crippen LogP contribution < -0.4 is 4.74 Å². The largest absolute Gasteiger partial charge is 0.497 e. The molecule has 2 aromatic carbocycles. The molecule has 0 aliphatic carbocycles. The normalized spacial score (nSPS) is 10.8. The van der Waals surface area contributed by atoms with Crippen LogP contribution in [0.25, 0.3) is 17.1 Å². The van der Waals surface area contributed by atoms with Crippen molar-refractivity contribution >= 4 is 29.1 Å². The lowest BCUT2D eigenvalue weighted by molar-refractivity contribution is 0.101. The van der Waals surface area contributed by atoms with Crippen molar-refractivity contribution in [2.45, 2.75) is 5.16 Å². The first-order valence-electron chi connectivity index (χ1n) is 8.81. The van der Waals surface area contributed by atoms with Gasteiger partial charge in [0.1, 0.15) is 5.75 Å². The average molecular weight is 425 g/mol. The van der Waals surface area contributed by atoms with Gasteiger partial charge in [0.2, 0.25) is 0 Å². The molecule has 0 atom stereocenters. The van der Waals surface area contributed by atoms with Crippen LogP contribution in [-0.2, 0) is 0 Å². The van der Waals surface area contributed by atoms with Gasteiger partial charge in [-0.2, -0.15) is 0 Å². The van der Waals surface area contributed by atoms with Gasteiger partial charge in [-0.3, -0.25) is 9.36 Å². The number of carbonyl (C=O) groups is 1. The van der Waals surface area contributed by atoms with Gasteiger partial charge in [0.25, 0.3) is 0 Å². The molecule has 0 aliphatic rings. The van der Waals surface area contributed by atoms with Crippen LogP contribution in [0.4, 0.5) is 0 Å². The molecule has 0 bridgehead atoms. The number of halogens is 1. The van der Waals surface area contributed by atoms with E-state index in [4.69, 9.17) is 16.3 Å². The van der Waals surface area contributed by atoms with E-state index in [9.17, 15) is 4.79 Å². The number of carbonyl (C=O) groups excluding carboxylic acids is 1. The number of aromatic amines is 1. The molecule has 2 aromatic heterocycles. The Hall–Kier alpha value is -3.03. The maximum Gasteiger partial charge on any atom is 0.196 e. The number of rotatable bonds is 7. The van der Waals surface area contributed by atoms with E-state index >= 15 is 0 Å². The summed E-state index contributed by atoms with van der Waals surface area (Å²) in [4.78, 5) is 15.3. The fourth-order valence-corrected chi connectivity index (χ4v) is 3.81. The van der Waals surface area contributed by atoms with E-state index < -0.39 is 0 Å². The smallest absolute Gasteiger partial charge is 0.196 e. The van der Waals surface area contributed by atoms with E-state index in [1.165, 1.54) is 11.8 Å². The summed E-state index contributed by atoms with van der Waals surface area (Å²) in [5, 5.41) is 9.98. The number of nitrogens with zero attached hydrogens (tertiary/aromatic N) is 3. The minimum atomic E-state index is -0.00594. The molecule has 0 fully saturated rings. The minimum absolute atomic E-state index is 0.00594. The molecule has 8 heteroatoms. The Morgan fingerprint density at radius 3 is 2.69 bits per heavy atom. The Bertz CT molecular complexity index is 1120. The SMILES string of the molecule is COc1cccc(-c2nnc(SCC(=O)c3ccc[nH]3)n2-c2ccc(Cl)cc2)c1. The van der Waals surface area contributed by atoms with E-state index in [1.54, 1.807) is 25.4 Å². The number of ether oxygens (including phenoxy) is 1. The Labute approximate surface area is 176 Å². The van der Waals surface area contributed by atoms with Crippen molar-refractivity contribution in [3.8, 4) is 22.8 Å². The summed E-state index contributed by atoms with van der Waals surface area (Å²) in [7, 11) is 1.62. The van der Waals surface area contributed by atoms with Crippen LogP contribution in [0.5, 0.6) is 5.75 Å². The molecule has 0 aliphatic heterocycles. The minimum Gasteiger partial charge on any atom is -0.497 e. The Balaban J connectivity index is 1.72. The molecule has 29 heavy (non-hydrogen) atoms. The number of aromatic nitrogens is 4. The van der Waals surface area contributed by atoms with Crippen LogP contribution in [-0.4, -0.2) is 38.4 Å². The highest BCUT2D eigenvalue weighted by atomic mass is 35.5. The Kier molecular flexibility index (Phi) is 5.69. The fraction of sp³-hybridized carbons (Fsp3) is 0.0952. The summed E-state index contributed by atoms with van der Waals surface area (Å²) in [6, 6.07) is 18.6. The van der Waals surface area contributed by atoms with Crippen LogP contribution in [0.2, 0.25) is 5.02 Å². The van der Waals surface area contributed by atoms with E-state index in [2.05, 4.69) is 15.2 Å². The first-order valence-corrected chi connectivity index (χ1v) is 10.2. The third-order valence-electron chi connectivity index (χ3n) is 4.28. The quantitative estimate of drug-likeness (QED) is 0.337. The highest BCUT2D eigenvalue weighted by Gasteiger charge is 2.18. The number of benzene rings is 2. The summed E-state index contributed by atoms with van der Waals surface area (Å²) in [6.45, 7) is 0. The summed E-state index contributed by atoms with van der Waals surface area (Å²) < 4.78 is 7.25. The monoisotopic (exact) mass is 424 g/mol. The molecule has 0 radical (unpaired) electrons. The van der Waals surface area contributed by atoms with Crippen molar-refractivity contribution in [1.29, 1.82) is 0 Å². The second kappa shape index (κ2) is 8.55. The molecule has 0 amide bonds. The first-order chi connectivity index (χ1) is 14.2. The average Bonchev–Trinajstić information content (AvgIpc) is 3.43. The van der Waals surface area contributed by atoms with Gasteiger partial charge in [0, 0.05) is 22.5 Å². The van der Waals surface area contributed by atoms with Gasteiger partial charge in [0.05, 0.1) is 18.6 Å². The van der Waals surface area contributed by atoms with Gasteiger partial charge in [0.15, 0.2) is 16.8 Å². The number of ketones is 1. The zero-order chi connectivity index (χ0) is 20.2. The number of methoxy groups -OCH3 is 1. The van der Waals surface area contributed by atoms with Crippen LogP contribution in [0.1, 0.15) is 10.5 Å². The molecule has 4 rings (SSSR count). The molecule has 0 spiro atoms. The van der Waals surface area contributed by atoms with Crippen molar-refractivity contribution < 1.29 is 9.53 Å². The number of hydrogen-bond acceptors (Lipinski definition) is 5. The molecular formula is C21H17ClN4O2S. The highest BCUT2D eigenvalue weighted by molar-refractivity contribution is 7.99. The second-order valence-electron chi connectivity index (χ2n) is 6.15. The predicted molar refractivity (Wildman–Crippen MR) is 114 cm³/mol. The maximum absolute atomic E-state index is 12.4. The van der Waals surface area contributed by atoms with Gasteiger partial charge in [-0.05, 0) is 48.5 Å². The molecule has 0 saturated heterocycles. The molecule has 146 valence electrons. The van der Waals surface area contributed by atoms with Crippen LogP contribution >= 0.6 is 23.4 Å². The van der Waals surface area contributed by atoms with Crippen LogP contribution in [0, 0.1) is 0 Å². The molecule has 6 nitrogen and oxygen atoms in total. The van der Waals surface area contributed by atoms with E-state index in [0.717, 1.165) is 17.0 Å². The zero-order valence-corrected chi connectivity index (χ0v) is 17.1. The van der Waals surface area contributed by atoms with Gasteiger partial charge < -0.3 is 9.72 Å². The highest BCUT2D eigenvalue weighted by Crippen LogP contribution is 2.30. The summed E-state index contributed by atoms with van der Waals surface area (Å²) >= 11 is 7.39. The van der Waals surface area contributed by atoms with E-state index in [-0.39, 0.29) is 11.5 Å². The third-order valence-corrected chi connectivity index (χ3v) is 5.46. The lowest BCUT2D eigenvalue weighted by Gasteiger charge is -2.11.